The lowest BCUT2D eigenvalue weighted by atomic mass is 10.2. The Labute approximate surface area is 118 Å². The normalized spacial score (nSPS) is 10.2. The minimum absolute atomic E-state index is 0.0350. The number of aromatic nitrogens is 1. The van der Waals surface area contributed by atoms with E-state index in [1.54, 1.807) is 27.2 Å². The molecule has 6 heteroatoms. The molecule has 1 aromatic heterocycles. The Morgan fingerprint density at radius 2 is 1.89 bits per heavy atom. The molecular formula is C13H18ClN3O2. The average molecular weight is 284 g/mol. The number of likely N-dealkylation sites (N-methyl/N-ethyl adjacent to an activating group) is 2. The number of carbonyl (C=O) groups excluding carboxylic acids is 2. The molecule has 1 aromatic rings. The summed E-state index contributed by atoms with van der Waals surface area (Å²) in [7, 11) is 4.89. The van der Waals surface area contributed by atoms with Gasteiger partial charge in [0.2, 0.25) is 5.91 Å². The van der Waals surface area contributed by atoms with Crippen LogP contribution in [-0.2, 0) is 11.2 Å². The highest BCUT2D eigenvalue weighted by molar-refractivity contribution is 6.29. The number of hydrogen-bond acceptors (Lipinski definition) is 3. The first-order valence-corrected chi connectivity index (χ1v) is 6.35. The van der Waals surface area contributed by atoms with E-state index in [0.717, 1.165) is 5.69 Å². The molecule has 0 fully saturated rings. The van der Waals surface area contributed by atoms with Crippen LogP contribution in [0.2, 0.25) is 5.15 Å². The maximum atomic E-state index is 12.2. The second-order valence-corrected chi connectivity index (χ2v) is 4.86. The van der Waals surface area contributed by atoms with Crippen molar-refractivity contribution in [2.75, 3.05) is 27.7 Å². The third-order valence-electron chi connectivity index (χ3n) is 2.67. The van der Waals surface area contributed by atoms with Crippen LogP contribution in [0.3, 0.4) is 0 Å². The standard InChI is InChI=1S/C13H18ClN3O2/c1-5-10-6-9(7-11(14)15-10)13(19)17(4)8-12(18)16(2)3/h6-7H,5,8H2,1-4H3. The van der Waals surface area contributed by atoms with E-state index in [0.29, 0.717) is 12.0 Å². The van der Waals surface area contributed by atoms with E-state index in [4.69, 9.17) is 11.6 Å². The summed E-state index contributed by atoms with van der Waals surface area (Å²) in [5, 5.41) is 0.287. The van der Waals surface area contributed by atoms with Crippen LogP contribution in [0.15, 0.2) is 12.1 Å². The summed E-state index contributed by atoms with van der Waals surface area (Å²) in [6.45, 7) is 1.97. The number of rotatable bonds is 4. The summed E-state index contributed by atoms with van der Waals surface area (Å²) in [5.74, 6) is -0.374. The first-order chi connectivity index (χ1) is 8.85. The lowest BCUT2D eigenvalue weighted by Gasteiger charge is -2.19. The molecule has 1 rings (SSSR count). The highest BCUT2D eigenvalue weighted by Gasteiger charge is 2.17. The van der Waals surface area contributed by atoms with Crippen LogP contribution in [-0.4, -0.2) is 54.3 Å². The molecule has 2 amide bonds. The highest BCUT2D eigenvalue weighted by Crippen LogP contribution is 2.13. The minimum atomic E-state index is -0.241. The first kappa shape index (κ1) is 15.4. The van der Waals surface area contributed by atoms with E-state index in [9.17, 15) is 9.59 Å². The molecular weight excluding hydrogens is 266 g/mol. The zero-order valence-corrected chi connectivity index (χ0v) is 12.4. The summed E-state index contributed by atoms with van der Waals surface area (Å²) < 4.78 is 0. The topological polar surface area (TPSA) is 53.5 Å². The van der Waals surface area contributed by atoms with Gasteiger partial charge in [-0.3, -0.25) is 9.59 Å². The molecule has 104 valence electrons. The fourth-order valence-electron chi connectivity index (χ4n) is 1.49. The Bertz CT molecular complexity index is 489. The van der Waals surface area contributed by atoms with Crippen molar-refractivity contribution in [3.05, 3.63) is 28.5 Å². The van der Waals surface area contributed by atoms with Gasteiger partial charge in [0.15, 0.2) is 0 Å². The van der Waals surface area contributed by atoms with Crippen LogP contribution < -0.4 is 0 Å². The number of amides is 2. The zero-order chi connectivity index (χ0) is 14.6. The van der Waals surface area contributed by atoms with Gasteiger partial charge in [-0.2, -0.15) is 0 Å². The van der Waals surface area contributed by atoms with Gasteiger partial charge in [-0.15, -0.1) is 0 Å². The molecule has 0 spiro atoms. The summed E-state index contributed by atoms with van der Waals surface area (Å²) >= 11 is 5.88. The van der Waals surface area contributed by atoms with E-state index in [-0.39, 0.29) is 23.5 Å². The lowest BCUT2D eigenvalue weighted by molar-refractivity contribution is -0.129. The van der Waals surface area contributed by atoms with Gasteiger partial charge in [0.05, 0.1) is 6.54 Å². The van der Waals surface area contributed by atoms with Gasteiger partial charge in [0.1, 0.15) is 5.15 Å². The van der Waals surface area contributed by atoms with Crippen molar-refractivity contribution in [2.45, 2.75) is 13.3 Å². The molecule has 0 unspecified atom stereocenters. The third-order valence-corrected chi connectivity index (χ3v) is 2.87. The van der Waals surface area contributed by atoms with Crippen LogP contribution in [0.5, 0.6) is 0 Å². The van der Waals surface area contributed by atoms with Crippen LogP contribution in [0.4, 0.5) is 0 Å². The van der Waals surface area contributed by atoms with Crippen LogP contribution in [0.1, 0.15) is 23.0 Å². The van der Waals surface area contributed by atoms with Gasteiger partial charge >= 0.3 is 0 Å². The Morgan fingerprint density at radius 3 is 2.42 bits per heavy atom. The molecule has 0 aromatic carbocycles. The largest absolute Gasteiger partial charge is 0.347 e. The quantitative estimate of drug-likeness (QED) is 0.786. The van der Waals surface area contributed by atoms with Gasteiger partial charge in [-0.1, -0.05) is 18.5 Å². The molecule has 19 heavy (non-hydrogen) atoms. The average Bonchev–Trinajstić information content (AvgIpc) is 2.36. The molecule has 0 atom stereocenters. The van der Waals surface area contributed by atoms with Crippen molar-refractivity contribution >= 4 is 23.4 Å². The number of nitrogens with zero attached hydrogens (tertiary/aromatic N) is 3. The molecule has 1 heterocycles. The van der Waals surface area contributed by atoms with E-state index in [1.807, 2.05) is 6.92 Å². The summed E-state index contributed by atoms with van der Waals surface area (Å²) in [6.07, 6.45) is 0.696. The maximum Gasteiger partial charge on any atom is 0.254 e. The van der Waals surface area contributed by atoms with E-state index < -0.39 is 0 Å². The summed E-state index contributed by atoms with van der Waals surface area (Å²) in [6, 6.07) is 3.21. The van der Waals surface area contributed by atoms with Crippen molar-refractivity contribution in [3.63, 3.8) is 0 Å². The number of hydrogen-bond donors (Lipinski definition) is 0. The predicted molar refractivity (Wildman–Crippen MR) is 74.3 cm³/mol. The smallest absolute Gasteiger partial charge is 0.254 e. The highest BCUT2D eigenvalue weighted by atomic mass is 35.5. The predicted octanol–water partition coefficient (Wildman–Crippen LogP) is 1.46. The fourth-order valence-corrected chi connectivity index (χ4v) is 1.72. The van der Waals surface area contributed by atoms with Gasteiger partial charge < -0.3 is 9.80 Å². The number of halogens is 1. The Kier molecular flexibility index (Phi) is 5.30. The van der Waals surface area contributed by atoms with Crippen LogP contribution in [0, 0.1) is 0 Å². The maximum absolute atomic E-state index is 12.2. The Balaban J connectivity index is 2.88. The molecule has 0 bridgehead atoms. The van der Waals surface area contributed by atoms with Crippen LogP contribution in [0.25, 0.3) is 0 Å². The zero-order valence-electron chi connectivity index (χ0n) is 11.6. The summed E-state index contributed by atoms with van der Waals surface area (Å²) in [5.41, 5.74) is 1.20. The lowest BCUT2D eigenvalue weighted by Crippen LogP contribution is -2.37. The van der Waals surface area contributed by atoms with Crippen molar-refractivity contribution < 1.29 is 9.59 Å². The molecule has 0 saturated heterocycles. The number of carbonyl (C=O) groups is 2. The van der Waals surface area contributed by atoms with Gasteiger partial charge in [0.25, 0.3) is 5.91 Å². The van der Waals surface area contributed by atoms with Crippen molar-refractivity contribution in [2.24, 2.45) is 0 Å². The molecule has 0 N–H and O–H groups in total. The Morgan fingerprint density at radius 1 is 1.26 bits per heavy atom. The van der Waals surface area contributed by atoms with Crippen LogP contribution >= 0.6 is 11.6 Å². The fraction of sp³-hybridized carbons (Fsp3) is 0.462. The molecule has 5 nitrogen and oxygen atoms in total. The molecule has 0 saturated carbocycles. The third kappa shape index (κ3) is 4.21. The molecule has 0 aliphatic rings. The minimum Gasteiger partial charge on any atom is -0.347 e. The van der Waals surface area contributed by atoms with Gasteiger partial charge in [-0.25, -0.2) is 4.98 Å². The van der Waals surface area contributed by atoms with E-state index >= 15 is 0 Å². The van der Waals surface area contributed by atoms with E-state index in [2.05, 4.69) is 4.98 Å². The Hall–Kier alpha value is -1.62. The van der Waals surface area contributed by atoms with Gasteiger partial charge in [0, 0.05) is 32.4 Å². The molecule has 0 aliphatic carbocycles. The van der Waals surface area contributed by atoms with Gasteiger partial charge in [-0.05, 0) is 18.6 Å². The second kappa shape index (κ2) is 6.52. The van der Waals surface area contributed by atoms with Crippen molar-refractivity contribution in [1.29, 1.82) is 0 Å². The van der Waals surface area contributed by atoms with Crippen molar-refractivity contribution in [3.8, 4) is 0 Å². The first-order valence-electron chi connectivity index (χ1n) is 5.97. The summed E-state index contributed by atoms with van der Waals surface area (Å²) in [4.78, 5) is 30.7. The number of pyridine rings is 1. The van der Waals surface area contributed by atoms with Crippen molar-refractivity contribution in [1.82, 2.24) is 14.8 Å². The molecule has 0 radical (unpaired) electrons. The number of aryl methyl sites for hydroxylation is 1. The second-order valence-electron chi connectivity index (χ2n) is 4.47. The van der Waals surface area contributed by atoms with E-state index in [1.165, 1.54) is 15.9 Å². The molecule has 0 aliphatic heterocycles. The monoisotopic (exact) mass is 283 g/mol. The SMILES string of the molecule is CCc1cc(C(=O)N(C)CC(=O)N(C)C)cc(Cl)n1.